The number of anilines is 1. The van der Waals surface area contributed by atoms with Crippen molar-refractivity contribution in [2.45, 2.75) is 75.6 Å². The van der Waals surface area contributed by atoms with E-state index >= 15 is 0 Å². The van der Waals surface area contributed by atoms with Crippen molar-refractivity contribution >= 4 is 23.3 Å². The smallest absolute Gasteiger partial charge is 0.425 e. The largest absolute Gasteiger partial charge is 0.487 e. The number of likely N-dealkylation sites (tertiary alicyclic amines) is 1. The van der Waals surface area contributed by atoms with Crippen LogP contribution in [0.5, 0.6) is 5.75 Å². The van der Waals surface area contributed by atoms with Crippen LogP contribution in [0.15, 0.2) is 48.0 Å². The van der Waals surface area contributed by atoms with Crippen molar-refractivity contribution in [3.8, 4) is 5.75 Å². The number of piperidine rings is 1. The molecule has 1 unspecified atom stereocenters. The molecular weight excluding hydrogens is 545 g/mol. The minimum atomic E-state index is -5.08. The fourth-order valence-electron chi connectivity index (χ4n) is 8.74. The summed E-state index contributed by atoms with van der Waals surface area (Å²) in [5, 5.41) is 2.53. The molecule has 9 heteroatoms. The maximum atomic E-state index is 14.5. The normalized spacial score (nSPS) is 31.4. The third-order valence-electron chi connectivity index (χ3n) is 10.6. The lowest BCUT2D eigenvalue weighted by Gasteiger charge is -2.61. The van der Waals surface area contributed by atoms with Gasteiger partial charge in [-0.1, -0.05) is 36.4 Å². The molecule has 7 rings (SSSR count). The predicted molar refractivity (Wildman–Crippen MR) is 150 cm³/mol. The van der Waals surface area contributed by atoms with Gasteiger partial charge in [-0.2, -0.15) is 13.2 Å². The number of carbonyl (C=O) groups is 2. The van der Waals surface area contributed by atoms with Gasteiger partial charge in [0.2, 0.25) is 0 Å². The van der Waals surface area contributed by atoms with E-state index in [-0.39, 0.29) is 22.8 Å². The maximum absolute atomic E-state index is 14.5. The van der Waals surface area contributed by atoms with Crippen LogP contribution in [0, 0.1) is 11.8 Å². The molecule has 222 valence electrons. The predicted octanol–water partition coefficient (Wildman–Crippen LogP) is 6.15. The van der Waals surface area contributed by atoms with Crippen LogP contribution in [-0.2, 0) is 26.2 Å². The molecule has 2 heterocycles. The lowest BCUT2D eigenvalue weighted by atomic mass is 9.51. The van der Waals surface area contributed by atoms with Crippen molar-refractivity contribution in [1.29, 1.82) is 0 Å². The molecule has 5 aliphatic rings. The summed E-state index contributed by atoms with van der Waals surface area (Å²) in [5.74, 6) is -1.37. The number of rotatable bonds is 6. The third kappa shape index (κ3) is 4.26. The molecule has 3 fully saturated rings. The topological polar surface area (TPSA) is 64.6 Å². The van der Waals surface area contributed by atoms with E-state index in [9.17, 15) is 22.8 Å². The highest BCUT2D eigenvalue weighted by molar-refractivity contribution is 6.10. The van der Waals surface area contributed by atoms with Crippen molar-refractivity contribution in [3.05, 3.63) is 64.7 Å². The molecule has 2 saturated carbocycles. The van der Waals surface area contributed by atoms with Gasteiger partial charge in [0.15, 0.2) is 11.3 Å². The Morgan fingerprint density at radius 2 is 1.86 bits per heavy atom. The summed E-state index contributed by atoms with van der Waals surface area (Å²) in [6.45, 7) is 3.30. The quantitative estimate of drug-likeness (QED) is 0.193. The summed E-state index contributed by atoms with van der Waals surface area (Å²) in [6, 6.07) is 11.6. The second-order valence-corrected chi connectivity index (χ2v) is 13.1. The zero-order chi connectivity index (χ0) is 29.4. The highest BCUT2D eigenvalue weighted by atomic mass is 19.4. The Morgan fingerprint density at radius 3 is 2.55 bits per heavy atom. The number of quaternary nitrogens is 1. The van der Waals surface area contributed by atoms with E-state index in [1.807, 2.05) is 6.07 Å². The summed E-state index contributed by atoms with van der Waals surface area (Å²) in [5.41, 5.74) is 0.789. The minimum Gasteiger partial charge on any atom is -0.487 e. The van der Waals surface area contributed by atoms with E-state index in [0.717, 1.165) is 61.5 Å². The molecule has 2 aromatic carbocycles. The van der Waals surface area contributed by atoms with Gasteiger partial charge < -0.3 is 19.3 Å². The number of nitrogens with one attached hydrogen (secondary N) is 1. The van der Waals surface area contributed by atoms with Gasteiger partial charge >= 0.3 is 12.1 Å². The van der Waals surface area contributed by atoms with Crippen LogP contribution in [0.1, 0.15) is 62.1 Å². The van der Waals surface area contributed by atoms with Gasteiger partial charge in [0.25, 0.3) is 5.91 Å². The molecule has 3 aliphatic carbocycles. The van der Waals surface area contributed by atoms with Crippen molar-refractivity contribution in [2.24, 2.45) is 11.8 Å². The molecule has 5 atom stereocenters. The maximum Gasteiger partial charge on any atom is 0.425 e. The molecule has 2 aliphatic heterocycles. The van der Waals surface area contributed by atoms with E-state index in [1.54, 1.807) is 12.1 Å². The fourth-order valence-corrected chi connectivity index (χ4v) is 8.74. The van der Waals surface area contributed by atoms with Gasteiger partial charge in [-0.3, -0.25) is 9.59 Å². The van der Waals surface area contributed by atoms with E-state index in [2.05, 4.69) is 12.4 Å². The summed E-state index contributed by atoms with van der Waals surface area (Å²) in [6.07, 6.45) is 2.51. The number of esters is 1. The number of nitrogens with zero attached hydrogens (tertiary/aromatic N) is 1. The SMILES string of the molecule is CC(=O)OC(=C(C(=O)Nc1ccc2c3c1O[C@H]1CCC[C@H]4[C@@H](C2)[N+](C)(CC2CC2)CC[C@]314)C(F)(F)F)c1ccccc1. The summed E-state index contributed by atoms with van der Waals surface area (Å²) in [4.78, 5) is 25.3. The molecule has 0 aromatic heterocycles. The molecule has 6 nitrogen and oxygen atoms in total. The van der Waals surface area contributed by atoms with Crippen LogP contribution in [0.2, 0.25) is 0 Å². The first kappa shape index (κ1) is 27.5. The number of amides is 1. The Hall–Kier alpha value is -3.33. The van der Waals surface area contributed by atoms with Gasteiger partial charge in [0, 0.05) is 42.7 Å². The molecule has 1 amide bonds. The van der Waals surface area contributed by atoms with Crippen molar-refractivity contribution in [2.75, 3.05) is 25.5 Å². The Morgan fingerprint density at radius 1 is 1.10 bits per heavy atom. The number of benzene rings is 2. The molecule has 2 bridgehead atoms. The zero-order valence-electron chi connectivity index (χ0n) is 23.9. The number of hydrogen-bond donors (Lipinski definition) is 1. The van der Waals surface area contributed by atoms with Crippen molar-refractivity contribution in [3.63, 3.8) is 0 Å². The molecule has 0 radical (unpaired) electrons. The molecule has 2 aromatic rings. The van der Waals surface area contributed by atoms with Crippen LogP contribution >= 0.6 is 0 Å². The van der Waals surface area contributed by atoms with Crippen molar-refractivity contribution < 1.29 is 36.7 Å². The molecule has 1 spiro atoms. The van der Waals surface area contributed by atoms with Crippen LogP contribution in [0.3, 0.4) is 0 Å². The average molecular weight is 582 g/mol. The van der Waals surface area contributed by atoms with Crippen LogP contribution in [0.4, 0.5) is 18.9 Å². The Bertz CT molecular complexity index is 1480. The van der Waals surface area contributed by atoms with Gasteiger partial charge in [0.1, 0.15) is 11.9 Å². The fraction of sp³-hybridized carbons (Fsp3) is 0.515. The minimum absolute atomic E-state index is 0.0187. The third-order valence-corrected chi connectivity index (χ3v) is 10.6. The number of carbonyl (C=O) groups excluding carboxylic acids is 2. The van der Waals surface area contributed by atoms with Crippen LogP contribution < -0.4 is 10.1 Å². The number of hydrogen-bond acceptors (Lipinski definition) is 4. The second kappa shape index (κ2) is 9.59. The van der Waals surface area contributed by atoms with E-state index in [1.165, 1.54) is 49.2 Å². The zero-order valence-corrected chi connectivity index (χ0v) is 23.9. The van der Waals surface area contributed by atoms with Gasteiger partial charge in [-0.05, 0) is 43.7 Å². The first-order valence-corrected chi connectivity index (χ1v) is 15.0. The van der Waals surface area contributed by atoms with E-state index in [4.69, 9.17) is 9.47 Å². The summed E-state index contributed by atoms with van der Waals surface area (Å²) in [7, 11) is 2.42. The first-order valence-electron chi connectivity index (χ1n) is 15.0. The summed E-state index contributed by atoms with van der Waals surface area (Å²) >= 11 is 0. The Kier molecular flexibility index (Phi) is 6.28. The van der Waals surface area contributed by atoms with E-state index in [0.29, 0.717) is 17.7 Å². The number of ether oxygens (including phenoxy) is 2. The average Bonchev–Trinajstić information content (AvgIpc) is 3.68. The highest BCUT2D eigenvalue weighted by Gasteiger charge is 2.67. The number of halogens is 3. The van der Waals surface area contributed by atoms with Crippen LogP contribution in [0.25, 0.3) is 5.76 Å². The molecule has 1 saturated heterocycles. The van der Waals surface area contributed by atoms with Crippen LogP contribution in [-0.4, -0.2) is 54.8 Å². The lowest BCUT2D eigenvalue weighted by Crippen LogP contribution is -2.70. The highest BCUT2D eigenvalue weighted by Crippen LogP contribution is 2.64. The van der Waals surface area contributed by atoms with Crippen molar-refractivity contribution in [1.82, 2.24) is 0 Å². The second-order valence-electron chi connectivity index (χ2n) is 13.1. The number of likely N-dealkylation sites (N-methyl/N-ethyl adjacent to an activating group) is 1. The van der Waals surface area contributed by atoms with Gasteiger partial charge in [-0.15, -0.1) is 0 Å². The standard InChI is InChI=1S/C33H35F3N2O4/c1-19(39)41-29(21-7-4-3-5-8-21)28(33(34,35)36)31(40)37-24-14-13-22-17-25-23-9-6-10-26-32(23,27(22)30(24)42-26)15-16-38(25,2)18-20-11-12-20/h3-5,7-8,13-14,20,23,25-26H,6,9-12,15-18H2,1-2H3/p+1/t23-,25+,26-,32+,38?/m0/s1. The molecule has 1 N–H and O–H groups in total. The Labute approximate surface area is 243 Å². The Balaban J connectivity index is 1.29. The van der Waals surface area contributed by atoms with E-state index < -0.39 is 29.4 Å². The van der Waals surface area contributed by atoms with Gasteiger partial charge in [0.05, 0.1) is 37.3 Å². The first-order chi connectivity index (χ1) is 20.0. The van der Waals surface area contributed by atoms with Gasteiger partial charge in [-0.25, -0.2) is 0 Å². The number of alkyl halides is 3. The summed E-state index contributed by atoms with van der Waals surface area (Å²) < 4.78 is 56.2. The monoisotopic (exact) mass is 581 g/mol. The molecular formula is C33H36F3N2O4+. The molecule has 42 heavy (non-hydrogen) atoms. The lowest BCUT2D eigenvalue weighted by molar-refractivity contribution is -0.946.